The highest BCUT2D eigenvalue weighted by molar-refractivity contribution is 7.92. The van der Waals surface area contributed by atoms with Crippen molar-refractivity contribution in [2.75, 3.05) is 16.3 Å². The summed E-state index contributed by atoms with van der Waals surface area (Å²) in [5, 5.41) is 13.6. The molecule has 2 aromatic rings. The molecule has 0 aromatic heterocycles. The lowest BCUT2D eigenvalue weighted by Crippen LogP contribution is -2.14. The highest BCUT2D eigenvalue weighted by Crippen LogP contribution is 2.27. The van der Waals surface area contributed by atoms with Gasteiger partial charge in [-0.2, -0.15) is 0 Å². The number of hydrogen-bond acceptors (Lipinski definition) is 5. The van der Waals surface area contributed by atoms with Crippen molar-refractivity contribution < 1.29 is 18.1 Å². The molecule has 0 bridgehead atoms. The van der Waals surface area contributed by atoms with Crippen molar-refractivity contribution in [1.29, 1.82) is 0 Å². The second-order valence-electron chi connectivity index (χ2n) is 5.23. The zero-order valence-electron chi connectivity index (χ0n) is 13.2. The summed E-state index contributed by atoms with van der Waals surface area (Å²) in [6, 6.07) is 8.39. The van der Waals surface area contributed by atoms with E-state index in [1.54, 1.807) is 0 Å². The minimum Gasteiger partial charge on any atom is -0.321 e. The highest BCUT2D eigenvalue weighted by atomic mass is 35.5. The summed E-state index contributed by atoms with van der Waals surface area (Å²) < 4.78 is 24.7. The molecule has 0 aliphatic heterocycles. The van der Waals surface area contributed by atoms with E-state index in [0.29, 0.717) is 5.56 Å². The van der Waals surface area contributed by atoms with Crippen molar-refractivity contribution in [3.63, 3.8) is 0 Å². The Morgan fingerprint density at radius 1 is 1.24 bits per heavy atom. The monoisotopic (exact) mass is 383 g/mol. The predicted molar refractivity (Wildman–Crippen MR) is 95.7 cm³/mol. The van der Waals surface area contributed by atoms with E-state index in [0.717, 1.165) is 6.26 Å². The molecule has 1 amide bonds. The quantitative estimate of drug-likeness (QED) is 0.607. The third-order valence-corrected chi connectivity index (χ3v) is 4.19. The van der Waals surface area contributed by atoms with Gasteiger partial charge in [-0.1, -0.05) is 17.7 Å². The van der Waals surface area contributed by atoms with Crippen molar-refractivity contribution in [3.05, 3.63) is 62.7 Å². The first-order chi connectivity index (χ1) is 11.6. The van der Waals surface area contributed by atoms with E-state index in [1.807, 2.05) is 0 Å². The first-order valence-electron chi connectivity index (χ1n) is 6.91. The van der Waals surface area contributed by atoms with Gasteiger partial charge in [-0.25, -0.2) is 8.42 Å². The first kappa shape index (κ1) is 18.7. The third kappa shape index (κ3) is 4.68. The summed E-state index contributed by atoms with van der Waals surface area (Å²) in [7, 11) is -3.47. The van der Waals surface area contributed by atoms with Crippen LogP contribution in [-0.2, 0) is 10.0 Å². The van der Waals surface area contributed by atoms with Crippen molar-refractivity contribution in [2.45, 2.75) is 6.92 Å². The van der Waals surface area contributed by atoms with Gasteiger partial charge in [-0.05, 0) is 31.2 Å². The summed E-state index contributed by atoms with van der Waals surface area (Å²) in [4.78, 5) is 22.8. The summed E-state index contributed by atoms with van der Waals surface area (Å²) in [5.41, 5.74) is 0.805. The van der Waals surface area contributed by atoms with E-state index in [9.17, 15) is 23.3 Å². The maximum atomic E-state index is 12.4. The van der Waals surface area contributed by atoms with Crippen LogP contribution in [0.15, 0.2) is 36.4 Å². The molecule has 0 spiro atoms. The zero-order valence-corrected chi connectivity index (χ0v) is 14.8. The molecule has 0 heterocycles. The minimum atomic E-state index is -3.47. The normalized spacial score (nSPS) is 11.0. The molecule has 0 saturated carbocycles. The van der Waals surface area contributed by atoms with Gasteiger partial charge in [-0.15, -0.1) is 0 Å². The molecule has 10 heteroatoms. The molecule has 0 radical (unpaired) electrons. The highest BCUT2D eigenvalue weighted by Gasteiger charge is 2.17. The van der Waals surface area contributed by atoms with Crippen molar-refractivity contribution in [1.82, 2.24) is 0 Å². The van der Waals surface area contributed by atoms with Crippen LogP contribution in [-0.4, -0.2) is 25.5 Å². The zero-order chi connectivity index (χ0) is 18.8. The molecule has 8 nitrogen and oxygen atoms in total. The number of anilines is 2. The molecule has 2 aromatic carbocycles. The smallest absolute Gasteiger partial charge is 0.274 e. The lowest BCUT2D eigenvalue weighted by Gasteiger charge is -2.11. The van der Waals surface area contributed by atoms with Crippen molar-refractivity contribution in [2.24, 2.45) is 0 Å². The molecular formula is C15H14ClN3O5S. The molecule has 0 atom stereocenters. The van der Waals surface area contributed by atoms with Gasteiger partial charge in [0.25, 0.3) is 11.6 Å². The molecular weight excluding hydrogens is 370 g/mol. The standard InChI is InChI=1S/C15H14ClN3O5S/c1-9-13(4-3-5-14(9)19(21)22)17-15(20)11-7-6-10(8-12(11)16)18-25(2,23)24/h3-8,18H,1-2H3,(H,17,20). The number of nitro benzene ring substituents is 1. The number of nitrogens with one attached hydrogen (secondary N) is 2. The number of benzene rings is 2. The van der Waals surface area contributed by atoms with Crippen LogP contribution in [0.4, 0.5) is 17.1 Å². The van der Waals surface area contributed by atoms with Gasteiger partial charge in [-0.3, -0.25) is 19.6 Å². The van der Waals surface area contributed by atoms with Crippen LogP contribution in [0.3, 0.4) is 0 Å². The minimum absolute atomic E-state index is 0.0363. The average molecular weight is 384 g/mol. The largest absolute Gasteiger partial charge is 0.321 e. The molecule has 0 aliphatic rings. The number of sulfonamides is 1. The first-order valence-corrected chi connectivity index (χ1v) is 9.18. The number of rotatable bonds is 5. The molecule has 0 saturated heterocycles. The Bertz CT molecular complexity index is 960. The van der Waals surface area contributed by atoms with E-state index < -0.39 is 20.9 Å². The van der Waals surface area contributed by atoms with E-state index in [1.165, 1.54) is 43.3 Å². The number of carbonyl (C=O) groups is 1. The molecule has 132 valence electrons. The van der Waals surface area contributed by atoms with Gasteiger partial charge >= 0.3 is 0 Å². The van der Waals surface area contributed by atoms with Gasteiger partial charge < -0.3 is 5.32 Å². The van der Waals surface area contributed by atoms with Crippen LogP contribution in [0.25, 0.3) is 0 Å². The Morgan fingerprint density at radius 3 is 2.48 bits per heavy atom. The van der Waals surface area contributed by atoms with Gasteiger partial charge in [0.05, 0.1) is 33.0 Å². The fraction of sp³-hybridized carbons (Fsp3) is 0.133. The number of hydrogen-bond donors (Lipinski definition) is 2. The summed E-state index contributed by atoms with van der Waals surface area (Å²) >= 11 is 6.04. The summed E-state index contributed by atoms with van der Waals surface area (Å²) in [5.74, 6) is -0.570. The predicted octanol–water partition coefficient (Wildman–Crippen LogP) is 3.18. The van der Waals surface area contributed by atoms with Crippen molar-refractivity contribution in [3.8, 4) is 0 Å². The summed E-state index contributed by atoms with van der Waals surface area (Å²) in [6.45, 7) is 1.52. The van der Waals surface area contributed by atoms with E-state index >= 15 is 0 Å². The molecule has 25 heavy (non-hydrogen) atoms. The maximum Gasteiger partial charge on any atom is 0.274 e. The SMILES string of the molecule is Cc1c(NC(=O)c2ccc(NS(C)(=O)=O)cc2Cl)cccc1[N+](=O)[O-]. The van der Waals surface area contributed by atoms with Crippen LogP contribution in [0.2, 0.25) is 5.02 Å². The Morgan fingerprint density at radius 2 is 1.92 bits per heavy atom. The van der Waals surface area contributed by atoms with Gasteiger partial charge in [0.15, 0.2) is 0 Å². The lowest BCUT2D eigenvalue weighted by molar-refractivity contribution is -0.385. The molecule has 2 rings (SSSR count). The van der Waals surface area contributed by atoms with Crippen LogP contribution in [0.1, 0.15) is 15.9 Å². The van der Waals surface area contributed by atoms with E-state index in [4.69, 9.17) is 11.6 Å². The third-order valence-electron chi connectivity index (χ3n) is 3.27. The van der Waals surface area contributed by atoms with Gasteiger partial charge in [0, 0.05) is 11.8 Å². The van der Waals surface area contributed by atoms with Gasteiger partial charge in [0.1, 0.15) is 0 Å². The number of nitro groups is 1. The van der Waals surface area contributed by atoms with E-state index in [-0.39, 0.29) is 27.6 Å². The number of nitrogens with zero attached hydrogens (tertiary/aromatic N) is 1. The van der Waals surface area contributed by atoms with Crippen LogP contribution in [0.5, 0.6) is 0 Å². The second-order valence-corrected chi connectivity index (χ2v) is 7.39. The fourth-order valence-electron chi connectivity index (χ4n) is 2.12. The Labute approximate surface area is 149 Å². The number of halogens is 1. The molecule has 0 aliphatic carbocycles. The van der Waals surface area contributed by atoms with E-state index in [2.05, 4.69) is 10.0 Å². The molecule has 0 fully saturated rings. The Hall–Kier alpha value is -2.65. The van der Waals surface area contributed by atoms with Crippen LogP contribution in [0, 0.1) is 17.0 Å². The van der Waals surface area contributed by atoms with Gasteiger partial charge in [0.2, 0.25) is 10.0 Å². The number of carbonyl (C=O) groups excluding carboxylic acids is 1. The van der Waals surface area contributed by atoms with Crippen molar-refractivity contribution >= 4 is 44.6 Å². The van der Waals surface area contributed by atoms with Crippen LogP contribution >= 0.6 is 11.6 Å². The lowest BCUT2D eigenvalue weighted by atomic mass is 10.1. The van der Waals surface area contributed by atoms with Crippen LogP contribution < -0.4 is 10.0 Å². The average Bonchev–Trinajstić information content (AvgIpc) is 2.47. The molecule has 0 unspecified atom stereocenters. The Kier molecular flexibility index (Phi) is 5.29. The second kappa shape index (κ2) is 7.08. The summed E-state index contributed by atoms with van der Waals surface area (Å²) in [6.07, 6.45) is 0.993. The fourth-order valence-corrected chi connectivity index (χ4v) is 2.94. The number of amides is 1. The topological polar surface area (TPSA) is 118 Å². The maximum absolute atomic E-state index is 12.4. The molecule has 2 N–H and O–H groups in total. The Balaban J connectivity index is 2.28.